The Bertz CT molecular complexity index is 1170. The number of phenolic OH excluding ortho intramolecular Hbond substituents is 1. The largest absolute Gasteiger partial charge is 0.507 e. The Kier molecular flexibility index (Phi) is 13.7. The summed E-state index contributed by atoms with van der Waals surface area (Å²) in [5.41, 5.74) is 1.04. The van der Waals surface area contributed by atoms with Gasteiger partial charge in [-0.3, -0.25) is 9.59 Å². The van der Waals surface area contributed by atoms with Crippen LogP contribution in [0.2, 0.25) is 0 Å². The Labute approximate surface area is 251 Å². The minimum Gasteiger partial charge on any atom is -0.507 e. The van der Waals surface area contributed by atoms with Crippen molar-refractivity contribution < 1.29 is 29.3 Å². The summed E-state index contributed by atoms with van der Waals surface area (Å²) in [6.45, 7) is 2.65. The first kappa shape index (κ1) is 33.0. The molecule has 7 nitrogen and oxygen atoms in total. The summed E-state index contributed by atoms with van der Waals surface area (Å²) in [5.74, 6) is -0.775. The van der Waals surface area contributed by atoms with Crippen molar-refractivity contribution in [3.05, 3.63) is 59.2 Å². The van der Waals surface area contributed by atoms with Crippen LogP contribution in [0.5, 0.6) is 17.2 Å². The standard InChI is InChI=1S/C35H49NO6/c1-4-5-6-7-8-9-10-11-12-13-14-15-16-17-24-36-32(27-20-23-29(37)30(25-27)42-3)31(34(39)35(36)40)33(38)26-18-21-28(41-2)22-19-26/h18-23,25,32,37-38H,4-17,24H2,1-3H3. The molecule has 0 spiro atoms. The predicted molar refractivity (Wildman–Crippen MR) is 167 cm³/mol. The van der Waals surface area contributed by atoms with Crippen molar-refractivity contribution in [3.63, 3.8) is 0 Å². The molecular formula is C35H49NO6. The summed E-state index contributed by atoms with van der Waals surface area (Å²) >= 11 is 0. The molecule has 42 heavy (non-hydrogen) atoms. The molecule has 0 bridgehead atoms. The fourth-order valence-corrected chi connectivity index (χ4v) is 5.70. The van der Waals surface area contributed by atoms with E-state index in [4.69, 9.17) is 9.47 Å². The van der Waals surface area contributed by atoms with E-state index in [2.05, 4.69) is 6.92 Å². The number of carbonyl (C=O) groups is 2. The van der Waals surface area contributed by atoms with Gasteiger partial charge in [0.15, 0.2) is 11.5 Å². The van der Waals surface area contributed by atoms with E-state index in [1.807, 2.05) is 0 Å². The second kappa shape index (κ2) is 17.5. The van der Waals surface area contributed by atoms with Crippen molar-refractivity contribution in [1.29, 1.82) is 0 Å². The summed E-state index contributed by atoms with van der Waals surface area (Å²) in [4.78, 5) is 28.1. The monoisotopic (exact) mass is 579 g/mol. The highest BCUT2D eigenvalue weighted by molar-refractivity contribution is 6.46. The fourth-order valence-electron chi connectivity index (χ4n) is 5.70. The summed E-state index contributed by atoms with van der Waals surface area (Å²) in [6.07, 6.45) is 17.3. The molecule has 1 heterocycles. The van der Waals surface area contributed by atoms with Crippen molar-refractivity contribution in [2.45, 2.75) is 103 Å². The number of aliphatic hydroxyl groups is 1. The molecule has 230 valence electrons. The number of carbonyl (C=O) groups excluding carboxylic acids is 2. The van der Waals surface area contributed by atoms with Gasteiger partial charge in [-0.1, -0.05) is 96.5 Å². The second-order valence-corrected chi connectivity index (χ2v) is 11.2. The molecule has 2 aromatic carbocycles. The average Bonchev–Trinajstić information content (AvgIpc) is 3.26. The molecule has 1 amide bonds. The number of ketones is 1. The maximum Gasteiger partial charge on any atom is 0.295 e. The number of aliphatic hydroxyl groups excluding tert-OH is 1. The molecule has 1 unspecified atom stereocenters. The van der Waals surface area contributed by atoms with Gasteiger partial charge in [0.25, 0.3) is 11.7 Å². The molecule has 7 heteroatoms. The summed E-state index contributed by atoms with van der Waals surface area (Å²) in [6, 6.07) is 10.7. The quantitative estimate of drug-likeness (QED) is 0.0752. The number of likely N-dealkylation sites (tertiary alicyclic amines) is 1. The number of benzene rings is 2. The fraction of sp³-hybridized carbons (Fsp3) is 0.543. The lowest BCUT2D eigenvalue weighted by Crippen LogP contribution is -2.30. The van der Waals surface area contributed by atoms with Gasteiger partial charge in [-0.2, -0.15) is 0 Å². The topological polar surface area (TPSA) is 96.3 Å². The Morgan fingerprint density at radius 1 is 0.762 bits per heavy atom. The van der Waals surface area contributed by atoms with Crippen LogP contribution in [0.3, 0.4) is 0 Å². The highest BCUT2D eigenvalue weighted by Crippen LogP contribution is 2.42. The van der Waals surface area contributed by atoms with E-state index in [-0.39, 0.29) is 22.8 Å². The number of phenols is 1. The number of Topliss-reactive ketones (excluding diaryl/α,β-unsaturated/α-hetero) is 1. The van der Waals surface area contributed by atoms with E-state index in [1.54, 1.807) is 48.4 Å². The van der Waals surface area contributed by atoms with Crippen LogP contribution in [-0.4, -0.2) is 47.6 Å². The number of rotatable bonds is 19. The number of hydrogen-bond donors (Lipinski definition) is 2. The highest BCUT2D eigenvalue weighted by Gasteiger charge is 2.46. The van der Waals surface area contributed by atoms with Crippen LogP contribution in [0.15, 0.2) is 48.0 Å². The van der Waals surface area contributed by atoms with E-state index >= 15 is 0 Å². The van der Waals surface area contributed by atoms with E-state index in [9.17, 15) is 19.8 Å². The smallest absolute Gasteiger partial charge is 0.295 e. The number of unbranched alkanes of at least 4 members (excludes halogenated alkanes) is 13. The molecule has 2 aromatic rings. The average molecular weight is 580 g/mol. The van der Waals surface area contributed by atoms with Gasteiger partial charge in [-0.25, -0.2) is 0 Å². The Morgan fingerprint density at radius 2 is 1.31 bits per heavy atom. The normalized spacial score (nSPS) is 16.3. The maximum absolute atomic E-state index is 13.3. The van der Waals surface area contributed by atoms with Crippen LogP contribution in [0.1, 0.15) is 114 Å². The zero-order valence-corrected chi connectivity index (χ0v) is 25.7. The van der Waals surface area contributed by atoms with Gasteiger partial charge in [0.05, 0.1) is 25.8 Å². The molecular weight excluding hydrogens is 530 g/mol. The molecule has 1 atom stereocenters. The summed E-state index contributed by atoms with van der Waals surface area (Å²) in [5, 5.41) is 21.4. The first-order chi connectivity index (χ1) is 20.4. The molecule has 1 fully saturated rings. The molecule has 0 radical (unpaired) electrons. The number of ether oxygens (including phenoxy) is 2. The Morgan fingerprint density at radius 3 is 1.83 bits per heavy atom. The van der Waals surface area contributed by atoms with Crippen LogP contribution in [-0.2, 0) is 9.59 Å². The first-order valence-corrected chi connectivity index (χ1v) is 15.7. The lowest BCUT2D eigenvalue weighted by Gasteiger charge is -2.26. The molecule has 0 aliphatic carbocycles. The summed E-state index contributed by atoms with van der Waals surface area (Å²) in [7, 11) is 3.00. The second-order valence-electron chi connectivity index (χ2n) is 11.2. The maximum atomic E-state index is 13.3. The SMILES string of the molecule is CCCCCCCCCCCCCCCCN1C(=O)C(=O)C(=C(O)c2ccc(OC)cc2)C1c1ccc(O)c(OC)c1. The highest BCUT2D eigenvalue weighted by atomic mass is 16.5. The number of methoxy groups -OCH3 is 2. The van der Waals surface area contributed by atoms with Crippen LogP contribution >= 0.6 is 0 Å². The van der Waals surface area contributed by atoms with Crippen molar-refractivity contribution in [3.8, 4) is 17.2 Å². The third kappa shape index (κ3) is 9.01. The Hall–Kier alpha value is -3.48. The number of nitrogens with zero attached hydrogens (tertiary/aromatic N) is 1. The third-order valence-electron chi connectivity index (χ3n) is 8.18. The molecule has 1 aliphatic heterocycles. The molecule has 2 N–H and O–H groups in total. The van der Waals surface area contributed by atoms with Gasteiger partial charge >= 0.3 is 0 Å². The van der Waals surface area contributed by atoms with Crippen molar-refractivity contribution in [2.75, 3.05) is 20.8 Å². The summed E-state index contributed by atoms with van der Waals surface area (Å²) < 4.78 is 10.5. The predicted octanol–water partition coefficient (Wildman–Crippen LogP) is 8.31. The van der Waals surface area contributed by atoms with Gasteiger partial charge in [0.2, 0.25) is 0 Å². The van der Waals surface area contributed by atoms with Crippen molar-refractivity contribution in [1.82, 2.24) is 4.90 Å². The van der Waals surface area contributed by atoms with Crippen LogP contribution in [0.25, 0.3) is 5.76 Å². The van der Waals surface area contributed by atoms with Crippen molar-refractivity contribution >= 4 is 17.4 Å². The molecule has 1 aliphatic rings. The molecule has 0 aromatic heterocycles. The van der Waals surface area contributed by atoms with Gasteiger partial charge in [-0.15, -0.1) is 0 Å². The van der Waals surface area contributed by atoms with Gasteiger partial charge < -0.3 is 24.6 Å². The third-order valence-corrected chi connectivity index (χ3v) is 8.18. The van der Waals surface area contributed by atoms with E-state index in [0.29, 0.717) is 23.4 Å². The minimum absolute atomic E-state index is 0.0308. The van der Waals surface area contributed by atoms with E-state index < -0.39 is 17.7 Å². The lowest BCUT2D eigenvalue weighted by molar-refractivity contribution is -0.139. The molecule has 1 saturated heterocycles. The van der Waals surface area contributed by atoms with Crippen molar-refractivity contribution in [2.24, 2.45) is 0 Å². The van der Waals surface area contributed by atoms with Gasteiger partial charge in [0.1, 0.15) is 11.5 Å². The number of aromatic hydroxyl groups is 1. The van der Waals surface area contributed by atoms with E-state index in [1.165, 1.54) is 83.8 Å². The van der Waals surface area contributed by atoms with E-state index in [0.717, 1.165) is 19.3 Å². The molecule has 3 rings (SSSR count). The van der Waals surface area contributed by atoms with Gasteiger partial charge in [0, 0.05) is 12.1 Å². The Balaban J connectivity index is 1.61. The number of amides is 1. The molecule has 0 saturated carbocycles. The lowest BCUT2D eigenvalue weighted by atomic mass is 9.95. The van der Waals surface area contributed by atoms with Crippen LogP contribution < -0.4 is 9.47 Å². The van der Waals surface area contributed by atoms with Crippen LogP contribution in [0.4, 0.5) is 0 Å². The first-order valence-electron chi connectivity index (χ1n) is 15.7. The zero-order chi connectivity index (χ0) is 30.3. The zero-order valence-electron chi connectivity index (χ0n) is 25.7. The number of hydrogen-bond acceptors (Lipinski definition) is 6. The minimum atomic E-state index is -0.788. The van der Waals surface area contributed by atoms with Crippen LogP contribution in [0, 0.1) is 0 Å². The van der Waals surface area contributed by atoms with Gasteiger partial charge in [-0.05, 0) is 48.4 Å².